The zero-order valence-corrected chi connectivity index (χ0v) is 14.7. The molecule has 0 N–H and O–H groups in total. The Morgan fingerprint density at radius 3 is 2.25 bits per heavy atom. The van der Waals surface area contributed by atoms with E-state index in [0.29, 0.717) is 28.8 Å². The third-order valence-electron chi connectivity index (χ3n) is 4.35. The monoisotopic (exact) mass is 377 g/mol. The zero-order valence-electron chi connectivity index (χ0n) is 14.7. The highest BCUT2D eigenvalue weighted by Crippen LogP contribution is 2.22. The molecule has 0 saturated heterocycles. The molecular formula is C19H15N5O4. The van der Waals surface area contributed by atoms with Gasteiger partial charge in [-0.3, -0.25) is 14.5 Å². The average molecular weight is 377 g/mol. The van der Waals surface area contributed by atoms with Crippen LogP contribution >= 0.6 is 0 Å². The minimum atomic E-state index is -0.481. The van der Waals surface area contributed by atoms with E-state index in [9.17, 15) is 14.4 Å². The van der Waals surface area contributed by atoms with E-state index < -0.39 is 5.97 Å². The predicted molar refractivity (Wildman–Crippen MR) is 95.9 cm³/mol. The summed E-state index contributed by atoms with van der Waals surface area (Å²) in [7, 11) is 0. The summed E-state index contributed by atoms with van der Waals surface area (Å²) in [5.74, 6) is -1.11. The lowest BCUT2D eigenvalue weighted by molar-refractivity contribution is 0.0482. The van der Waals surface area contributed by atoms with Crippen LogP contribution in [0.25, 0.3) is 5.69 Å². The standard InChI is InChI=1S/C19H15N5O4/c25-17-15-4-1-2-5-16(15)18(26)23(17)10-3-11-28-19(27)13-6-8-14(9-7-13)24-12-20-21-22-24/h1-2,4-9,12H,3,10-11H2. The number of hydrogen-bond acceptors (Lipinski definition) is 7. The van der Waals surface area contributed by atoms with Crippen molar-refractivity contribution in [3.05, 3.63) is 71.5 Å². The van der Waals surface area contributed by atoms with Crippen molar-refractivity contribution in [2.24, 2.45) is 0 Å². The van der Waals surface area contributed by atoms with E-state index in [-0.39, 0.29) is 25.0 Å². The van der Waals surface area contributed by atoms with Gasteiger partial charge in [0, 0.05) is 6.54 Å². The predicted octanol–water partition coefficient (Wildman–Crippen LogP) is 1.51. The first-order chi connectivity index (χ1) is 13.6. The summed E-state index contributed by atoms with van der Waals surface area (Å²) in [6, 6.07) is 13.3. The third-order valence-corrected chi connectivity index (χ3v) is 4.35. The number of ether oxygens (including phenoxy) is 1. The Kier molecular flexibility index (Phi) is 4.63. The van der Waals surface area contributed by atoms with Crippen LogP contribution in [0.4, 0.5) is 0 Å². The number of hydrogen-bond donors (Lipinski definition) is 0. The first-order valence-electron chi connectivity index (χ1n) is 8.61. The molecule has 0 fully saturated rings. The van der Waals surface area contributed by atoms with Gasteiger partial charge in [-0.15, -0.1) is 5.10 Å². The highest BCUT2D eigenvalue weighted by atomic mass is 16.5. The Morgan fingerprint density at radius 2 is 1.64 bits per heavy atom. The van der Waals surface area contributed by atoms with Gasteiger partial charge in [-0.2, -0.15) is 0 Å². The number of benzene rings is 2. The summed E-state index contributed by atoms with van der Waals surface area (Å²) in [4.78, 5) is 37.8. The van der Waals surface area contributed by atoms with E-state index in [1.54, 1.807) is 48.5 Å². The molecule has 2 amide bonds. The van der Waals surface area contributed by atoms with Gasteiger partial charge in [-0.1, -0.05) is 12.1 Å². The lowest BCUT2D eigenvalue weighted by Crippen LogP contribution is -2.31. The quantitative estimate of drug-likeness (QED) is 0.364. The maximum absolute atomic E-state index is 12.3. The van der Waals surface area contributed by atoms with Gasteiger partial charge in [0.25, 0.3) is 11.8 Å². The van der Waals surface area contributed by atoms with Gasteiger partial charge >= 0.3 is 5.97 Å². The van der Waals surface area contributed by atoms with Crippen LogP contribution in [0.3, 0.4) is 0 Å². The number of aromatic nitrogens is 4. The molecule has 9 heteroatoms. The topological polar surface area (TPSA) is 107 Å². The Hall–Kier alpha value is -3.88. The first kappa shape index (κ1) is 17.5. The summed E-state index contributed by atoms with van der Waals surface area (Å²) in [6.45, 7) is 0.291. The van der Waals surface area contributed by atoms with E-state index in [0.717, 1.165) is 0 Å². The SMILES string of the molecule is O=C(OCCCN1C(=O)c2ccccc2C1=O)c1ccc(-n2cnnn2)cc1. The third kappa shape index (κ3) is 3.25. The van der Waals surface area contributed by atoms with Crippen LogP contribution in [0.1, 0.15) is 37.5 Å². The molecule has 0 atom stereocenters. The highest BCUT2D eigenvalue weighted by Gasteiger charge is 2.34. The number of amides is 2. The van der Waals surface area contributed by atoms with Gasteiger partial charge in [0.1, 0.15) is 6.33 Å². The maximum Gasteiger partial charge on any atom is 0.338 e. The lowest BCUT2D eigenvalue weighted by Gasteiger charge is -2.13. The second-order valence-corrected chi connectivity index (χ2v) is 6.10. The average Bonchev–Trinajstić information content (AvgIpc) is 3.35. The molecule has 4 rings (SSSR count). The molecule has 0 saturated carbocycles. The summed E-state index contributed by atoms with van der Waals surface area (Å²) < 4.78 is 6.70. The molecule has 9 nitrogen and oxygen atoms in total. The lowest BCUT2D eigenvalue weighted by atomic mass is 10.1. The molecule has 2 heterocycles. The second kappa shape index (κ2) is 7.39. The Labute approximate surface area is 159 Å². The number of tetrazole rings is 1. The summed E-state index contributed by atoms with van der Waals surface area (Å²) in [5, 5.41) is 10.9. The van der Waals surface area contributed by atoms with E-state index in [2.05, 4.69) is 15.5 Å². The fourth-order valence-corrected chi connectivity index (χ4v) is 2.94. The molecule has 2 aromatic carbocycles. The van der Waals surface area contributed by atoms with Gasteiger partial charge in [0.2, 0.25) is 0 Å². The molecule has 1 aliphatic rings. The Balaban J connectivity index is 1.28. The van der Waals surface area contributed by atoms with Crippen LogP contribution in [0.5, 0.6) is 0 Å². The molecule has 0 unspecified atom stereocenters. The fraction of sp³-hybridized carbons (Fsp3) is 0.158. The van der Waals surface area contributed by atoms with E-state index in [1.165, 1.54) is 15.9 Å². The molecule has 1 aliphatic heterocycles. The number of esters is 1. The molecular weight excluding hydrogens is 362 g/mol. The van der Waals surface area contributed by atoms with Crippen LogP contribution in [-0.4, -0.2) is 56.0 Å². The molecule has 1 aromatic heterocycles. The molecule has 28 heavy (non-hydrogen) atoms. The van der Waals surface area contributed by atoms with Crippen molar-refractivity contribution in [1.29, 1.82) is 0 Å². The van der Waals surface area contributed by atoms with Crippen molar-refractivity contribution in [1.82, 2.24) is 25.1 Å². The van der Waals surface area contributed by atoms with Crippen molar-refractivity contribution in [2.75, 3.05) is 13.2 Å². The van der Waals surface area contributed by atoms with Crippen molar-refractivity contribution < 1.29 is 19.1 Å². The summed E-state index contributed by atoms with van der Waals surface area (Å²) >= 11 is 0. The van der Waals surface area contributed by atoms with Gasteiger partial charge < -0.3 is 4.74 Å². The normalized spacial score (nSPS) is 12.9. The van der Waals surface area contributed by atoms with E-state index >= 15 is 0 Å². The van der Waals surface area contributed by atoms with Crippen LogP contribution < -0.4 is 0 Å². The minimum absolute atomic E-state index is 0.0982. The Morgan fingerprint density at radius 1 is 0.964 bits per heavy atom. The largest absolute Gasteiger partial charge is 0.462 e. The first-order valence-corrected chi connectivity index (χ1v) is 8.61. The van der Waals surface area contributed by atoms with Crippen molar-refractivity contribution in [2.45, 2.75) is 6.42 Å². The minimum Gasteiger partial charge on any atom is -0.462 e. The number of nitrogens with zero attached hydrogens (tertiary/aromatic N) is 5. The number of rotatable bonds is 6. The molecule has 0 bridgehead atoms. The summed E-state index contributed by atoms with van der Waals surface area (Å²) in [6.07, 6.45) is 1.81. The molecule has 0 spiro atoms. The Bertz CT molecular complexity index is 996. The maximum atomic E-state index is 12.3. The van der Waals surface area contributed by atoms with Crippen molar-refractivity contribution in [3.63, 3.8) is 0 Å². The van der Waals surface area contributed by atoms with Gasteiger partial charge in [0.15, 0.2) is 0 Å². The fourth-order valence-electron chi connectivity index (χ4n) is 2.94. The van der Waals surface area contributed by atoms with E-state index in [1.807, 2.05) is 0 Å². The van der Waals surface area contributed by atoms with Crippen LogP contribution in [0.2, 0.25) is 0 Å². The van der Waals surface area contributed by atoms with Crippen molar-refractivity contribution in [3.8, 4) is 5.69 Å². The summed E-state index contributed by atoms with van der Waals surface area (Å²) in [5.41, 5.74) is 1.92. The number of carbonyl (C=O) groups is 3. The van der Waals surface area contributed by atoms with E-state index in [4.69, 9.17) is 4.74 Å². The van der Waals surface area contributed by atoms with Gasteiger partial charge in [-0.05, 0) is 53.2 Å². The van der Waals surface area contributed by atoms with Crippen LogP contribution in [-0.2, 0) is 4.74 Å². The van der Waals surface area contributed by atoms with Gasteiger partial charge in [-0.25, -0.2) is 9.48 Å². The van der Waals surface area contributed by atoms with Crippen molar-refractivity contribution >= 4 is 17.8 Å². The van der Waals surface area contributed by atoms with Crippen LogP contribution in [0.15, 0.2) is 54.9 Å². The number of imide groups is 1. The molecule has 0 aliphatic carbocycles. The van der Waals surface area contributed by atoms with Gasteiger partial charge in [0.05, 0.1) is 29.0 Å². The van der Waals surface area contributed by atoms with Crippen LogP contribution in [0, 0.1) is 0 Å². The molecule has 3 aromatic rings. The number of carbonyl (C=O) groups excluding carboxylic acids is 3. The zero-order chi connectivity index (χ0) is 19.5. The second-order valence-electron chi connectivity index (χ2n) is 6.10. The molecule has 0 radical (unpaired) electrons. The number of fused-ring (bicyclic) bond motifs is 1. The smallest absolute Gasteiger partial charge is 0.338 e. The highest BCUT2D eigenvalue weighted by molar-refractivity contribution is 6.21. The molecule has 140 valence electrons.